The van der Waals surface area contributed by atoms with E-state index in [-0.39, 0.29) is 23.6 Å². The molecule has 1 heterocycles. The number of nitrogens with one attached hydrogen (secondary N) is 1. The summed E-state index contributed by atoms with van der Waals surface area (Å²) in [4.78, 5) is 38.9. The van der Waals surface area contributed by atoms with Gasteiger partial charge in [-0.05, 0) is 75.0 Å². The highest BCUT2D eigenvalue weighted by molar-refractivity contribution is 6.74. The molecule has 0 aromatic heterocycles. The first kappa shape index (κ1) is 27.3. The van der Waals surface area contributed by atoms with Crippen LogP contribution in [0.2, 0.25) is 18.1 Å². The molecule has 9 heteroatoms. The van der Waals surface area contributed by atoms with Gasteiger partial charge in [0.1, 0.15) is 23.7 Å². The first-order valence-electron chi connectivity index (χ1n) is 12.3. The fourth-order valence-corrected chi connectivity index (χ4v) is 5.72. The van der Waals surface area contributed by atoms with Crippen LogP contribution < -0.4 is 5.32 Å². The molecular weight excluding hydrogens is 467 g/mol. The standard InChI is InChI=1S/C26H39FN2O5Si/c1-25(2,3)33-24(32)29-14-19(34-35(7,8)26(4,5)6)13-22(29)23(31)28-18-11-17-9-16(15-30)10-20(17)21(27)12-18/h11-12,15-16,19,22H,9-10,13-14H2,1-8H3,(H,28,31). The third-order valence-electron chi connectivity index (χ3n) is 7.16. The van der Waals surface area contributed by atoms with E-state index in [1.807, 2.05) is 0 Å². The summed E-state index contributed by atoms with van der Waals surface area (Å²) in [6.45, 7) is 16.3. The third kappa shape index (κ3) is 6.30. The molecule has 3 rings (SSSR count). The van der Waals surface area contributed by atoms with E-state index < -0.39 is 37.8 Å². The van der Waals surface area contributed by atoms with Crippen LogP contribution in [0.1, 0.15) is 59.1 Å². The molecule has 3 atom stereocenters. The molecule has 1 saturated heterocycles. The van der Waals surface area contributed by atoms with Crippen molar-refractivity contribution in [1.82, 2.24) is 4.90 Å². The normalized spacial score (nSPS) is 22.7. The lowest BCUT2D eigenvalue weighted by Crippen LogP contribution is -2.46. The SMILES string of the molecule is CC(C)(C)OC(=O)N1CC(O[Si](C)(C)C(C)(C)C)CC1C(=O)Nc1cc(F)c2c(c1)CC(C=O)C2. The lowest BCUT2D eigenvalue weighted by Gasteiger charge is -2.38. The van der Waals surface area contributed by atoms with Crippen molar-refractivity contribution in [3.8, 4) is 0 Å². The molecule has 1 N–H and O–H groups in total. The zero-order valence-corrected chi connectivity index (χ0v) is 23.2. The van der Waals surface area contributed by atoms with E-state index >= 15 is 0 Å². The number of halogens is 1. The molecule has 35 heavy (non-hydrogen) atoms. The average Bonchev–Trinajstić information content (AvgIpc) is 3.29. The molecule has 194 valence electrons. The lowest BCUT2D eigenvalue weighted by atomic mass is 10.1. The predicted molar refractivity (Wildman–Crippen MR) is 135 cm³/mol. The van der Waals surface area contributed by atoms with Gasteiger partial charge in [0.15, 0.2) is 8.32 Å². The number of aldehydes is 1. The molecule has 0 spiro atoms. The Balaban J connectivity index is 1.81. The maximum atomic E-state index is 14.7. The molecule has 3 unspecified atom stereocenters. The minimum atomic E-state index is -2.14. The Morgan fingerprint density at radius 1 is 1.14 bits per heavy atom. The Morgan fingerprint density at radius 3 is 2.37 bits per heavy atom. The molecule has 0 saturated carbocycles. The van der Waals surface area contributed by atoms with Crippen LogP contribution in [-0.2, 0) is 31.6 Å². The molecule has 1 aliphatic carbocycles. The van der Waals surface area contributed by atoms with E-state index in [2.05, 4.69) is 39.2 Å². The first-order chi connectivity index (χ1) is 16.0. The van der Waals surface area contributed by atoms with Gasteiger partial charge in [-0.3, -0.25) is 9.69 Å². The zero-order chi connectivity index (χ0) is 26.3. The summed E-state index contributed by atoms with van der Waals surface area (Å²) in [5.74, 6) is -1.09. The second-order valence-electron chi connectivity index (χ2n) is 12.3. The van der Waals surface area contributed by atoms with Gasteiger partial charge in [0.25, 0.3) is 0 Å². The van der Waals surface area contributed by atoms with E-state index in [0.29, 0.717) is 30.5 Å². The Labute approximate surface area is 208 Å². The van der Waals surface area contributed by atoms with Crippen molar-refractivity contribution < 1.29 is 27.9 Å². The molecular formula is C26H39FN2O5Si. The molecule has 1 aromatic rings. The fraction of sp³-hybridized carbons (Fsp3) is 0.654. The monoisotopic (exact) mass is 506 g/mol. The maximum Gasteiger partial charge on any atom is 0.411 e. The number of fused-ring (bicyclic) bond motifs is 1. The van der Waals surface area contributed by atoms with Crippen LogP contribution in [0.4, 0.5) is 14.9 Å². The number of rotatable bonds is 5. The number of benzene rings is 1. The maximum absolute atomic E-state index is 14.7. The smallest absolute Gasteiger partial charge is 0.411 e. The number of anilines is 1. The molecule has 2 amide bonds. The molecule has 1 aliphatic heterocycles. The van der Waals surface area contributed by atoms with Crippen molar-refractivity contribution in [3.63, 3.8) is 0 Å². The quantitative estimate of drug-likeness (QED) is 0.445. The Kier molecular flexibility index (Phi) is 7.54. The van der Waals surface area contributed by atoms with Crippen LogP contribution >= 0.6 is 0 Å². The highest BCUT2D eigenvalue weighted by Crippen LogP contribution is 2.39. The van der Waals surface area contributed by atoms with E-state index in [4.69, 9.17) is 9.16 Å². The minimum Gasteiger partial charge on any atom is -0.444 e. The van der Waals surface area contributed by atoms with Crippen molar-refractivity contribution in [3.05, 3.63) is 29.1 Å². The molecule has 1 aromatic carbocycles. The fourth-order valence-electron chi connectivity index (χ4n) is 4.36. The van der Waals surface area contributed by atoms with Crippen molar-refractivity contribution >= 4 is 32.3 Å². The summed E-state index contributed by atoms with van der Waals surface area (Å²) in [5, 5.41) is 2.77. The topological polar surface area (TPSA) is 84.9 Å². The average molecular weight is 507 g/mol. The molecule has 1 fully saturated rings. The first-order valence-corrected chi connectivity index (χ1v) is 15.2. The Hall–Kier alpha value is -2.26. The summed E-state index contributed by atoms with van der Waals surface area (Å²) in [6, 6.07) is 2.19. The highest BCUT2D eigenvalue weighted by Gasteiger charge is 2.46. The van der Waals surface area contributed by atoms with E-state index in [9.17, 15) is 18.8 Å². The van der Waals surface area contributed by atoms with E-state index in [0.717, 1.165) is 11.8 Å². The van der Waals surface area contributed by atoms with Gasteiger partial charge < -0.3 is 19.3 Å². The summed E-state index contributed by atoms with van der Waals surface area (Å²) in [5.41, 5.74) is 0.858. The third-order valence-corrected chi connectivity index (χ3v) is 11.7. The van der Waals surface area contributed by atoms with Gasteiger partial charge in [-0.25, -0.2) is 9.18 Å². The summed E-state index contributed by atoms with van der Waals surface area (Å²) < 4.78 is 26.8. The zero-order valence-electron chi connectivity index (χ0n) is 22.2. The summed E-state index contributed by atoms with van der Waals surface area (Å²) in [7, 11) is -2.14. The number of amides is 2. The van der Waals surface area contributed by atoms with Gasteiger partial charge in [0, 0.05) is 24.6 Å². The largest absolute Gasteiger partial charge is 0.444 e. The van der Waals surface area contributed by atoms with Crippen molar-refractivity contribution in [1.29, 1.82) is 0 Å². The van der Waals surface area contributed by atoms with Crippen LogP contribution in [0.3, 0.4) is 0 Å². The van der Waals surface area contributed by atoms with Crippen molar-refractivity contribution in [2.45, 2.75) is 96.7 Å². The number of carbonyl (C=O) groups excluding carboxylic acids is 3. The predicted octanol–water partition coefficient (Wildman–Crippen LogP) is 5.08. The van der Waals surface area contributed by atoms with E-state index in [1.165, 1.54) is 11.0 Å². The van der Waals surface area contributed by atoms with E-state index in [1.54, 1.807) is 26.8 Å². The van der Waals surface area contributed by atoms with Gasteiger partial charge in [-0.15, -0.1) is 0 Å². The summed E-state index contributed by atoms with van der Waals surface area (Å²) in [6.07, 6.45) is 1.13. The van der Waals surface area contributed by atoms with Gasteiger partial charge in [0.05, 0.1) is 6.10 Å². The van der Waals surface area contributed by atoms with Crippen molar-refractivity contribution in [2.75, 3.05) is 11.9 Å². The number of carbonyl (C=O) groups is 3. The Morgan fingerprint density at radius 2 is 1.80 bits per heavy atom. The highest BCUT2D eigenvalue weighted by atomic mass is 28.4. The van der Waals surface area contributed by atoms with Crippen LogP contribution in [0, 0.1) is 11.7 Å². The van der Waals surface area contributed by atoms with Crippen molar-refractivity contribution in [2.24, 2.45) is 5.92 Å². The molecule has 0 radical (unpaired) electrons. The van der Waals surface area contributed by atoms with Crippen LogP contribution in [0.25, 0.3) is 0 Å². The molecule has 0 bridgehead atoms. The number of hydrogen-bond acceptors (Lipinski definition) is 5. The number of hydrogen-bond donors (Lipinski definition) is 1. The van der Waals surface area contributed by atoms with Gasteiger partial charge >= 0.3 is 6.09 Å². The Bertz CT molecular complexity index is 999. The van der Waals surface area contributed by atoms with Crippen LogP contribution in [-0.4, -0.2) is 55.8 Å². The van der Waals surface area contributed by atoms with Gasteiger partial charge in [0.2, 0.25) is 5.91 Å². The van der Waals surface area contributed by atoms with Gasteiger partial charge in [-0.1, -0.05) is 20.8 Å². The number of nitrogens with zero attached hydrogens (tertiary/aromatic N) is 1. The second kappa shape index (κ2) is 9.65. The number of likely N-dealkylation sites (tertiary alicyclic amines) is 1. The van der Waals surface area contributed by atoms with Crippen LogP contribution in [0.15, 0.2) is 12.1 Å². The lowest BCUT2D eigenvalue weighted by molar-refractivity contribution is -0.120. The number of ether oxygens (including phenoxy) is 1. The van der Waals surface area contributed by atoms with Crippen LogP contribution in [0.5, 0.6) is 0 Å². The minimum absolute atomic E-state index is 0.0224. The molecule has 7 nitrogen and oxygen atoms in total. The molecule has 2 aliphatic rings. The summed E-state index contributed by atoms with van der Waals surface area (Å²) >= 11 is 0. The van der Waals surface area contributed by atoms with Gasteiger partial charge in [-0.2, -0.15) is 0 Å². The second-order valence-corrected chi connectivity index (χ2v) is 17.0.